The van der Waals surface area contributed by atoms with Gasteiger partial charge in [0.05, 0.1) is 0 Å². The molecule has 2 aromatic heterocycles. The van der Waals surface area contributed by atoms with Gasteiger partial charge in [-0.2, -0.15) is 0 Å². The van der Waals surface area contributed by atoms with Crippen molar-refractivity contribution in [1.29, 1.82) is 0 Å². The van der Waals surface area contributed by atoms with Gasteiger partial charge in [-0.05, 0) is 108 Å². The van der Waals surface area contributed by atoms with E-state index in [0.717, 1.165) is 30.5 Å². The van der Waals surface area contributed by atoms with E-state index in [1.165, 1.54) is 32.9 Å². The highest BCUT2D eigenvalue weighted by atomic mass is 16.6. The summed E-state index contributed by atoms with van der Waals surface area (Å²) in [6.45, 7) is 5.51. The molecule has 12 heteroatoms. The van der Waals surface area contributed by atoms with E-state index in [2.05, 4.69) is 51.1 Å². The first-order valence-electron chi connectivity index (χ1n) is 18.4. The van der Waals surface area contributed by atoms with Crippen molar-refractivity contribution in [3.63, 3.8) is 0 Å². The summed E-state index contributed by atoms with van der Waals surface area (Å²) in [7, 11) is 8.09. The van der Waals surface area contributed by atoms with E-state index in [4.69, 9.17) is 10.5 Å². The fraction of sp³-hybridized carbons (Fsp3) is 0.273. The van der Waals surface area contributed by atoms with Crippen LogP contribution < -0.4 is 15.8 Å². The average molecular weight is 761 g/mol. The molecular weight excluding hydrogens is 705 g/mol. The van der Waals surface area contributed by atoms with Crippen LogP contribution in [0.3, 0.4) is 0 Å². The molecule has 0 radical (unpaired) electrons. The minimum Gasteiger partial charge on any atom is -0.508 e. The molecule has 1 amide bonds. The van der Waals surface area contributed by atoms with E-state index in [1.54, 1.807) is 43.0 Å². The van der Waals surface area contributed by atoms with Crippen molar-refractivity contribution in [2.45, 2.75) is 38.8 Å². The summed E-state index contributed by atoms with van der Waals surface area (Å²) in [6.07, 6.45) is 10.5. The quantitative estimate of drug-likeness (QED) is 0.130. The molecule has 0 bridgehead atoms. The molecule has 0 fully saturated rings. The summed E-state index contributed by atoms with van der Waals surface area (Å²) in [5, 5.41) is 12.0. The number of ether oxygens (including phenoxy) is 1. The molecule has 0 aliphatic rings. The van der Waals surface area contributed by atoms with Crippen LogP contribution in [0.2, 0.25) is 0 Å². The molecule has 4 aromatic carbocycles. The summed E-state index contributed by atoms with van der Waals surface area (Å²) >= 11 is 0. The van der Waals surface area contributed by atoms with E-state index in [1.807, 2.05) is 107 Å². The fourth-order valence-corrected chi connectivity index (χ4v) is 5.00. The number of nitrogens with two attached hydrogens (primary N) is 1. The number of aromatic hydroxyl groups is 1. The van der Waals surface area contributed by atoms with Crippen LogP contribution in [0.15, 0.2) is 147 Å². The van der Waals surface area contributed by atoms with E-state index >= 15 is 0 Å². The molecule has 2 atom stereocenters. The number of aromatic nitrogens is 4. The Bertz CT molecular complexity index is 1920. The van der Waals surface area contributed by atoms with Crippen LogP contribution in [0.25, 0.3) is 0 Å². The molecule has 12 nitrogen and oxygen atoms in total. The van der Waals surface area contributed by atoms with Gasteiger partial charge in [0, 0.05) is 43.4 Å². The third-order valence-corrected chi connectivity index (χ3v) is 8.71. The van der Waals surface area contributed by atoms with E-state index < -0.39 is 6.09 Å². The molecular formula is C44H56N8O4. The van der Waals surface area contributed by atoms with Crippen LogP contribution in [0.5, 0.6) is 11.5 Å². The van der Waals surface area contributed by atoms with Crippen LogP contribution >= 0.6 is 0 Å². The Hall–Kier alpha value is -6.08. The van der Waals surface area contributed by atoms with E-state index in [0.29, 0.717) is 24.1 Å². The third kappa shape index (κ3) is 16.1. The number of carbonyl (C=O) groups is 2. The summed E-state index contributed by atoms with van der Waals surface area (Å²) in [5.41, 5.74) is 10.1. The highest BCUT2D eigenvalue weighted by molar-refractivity contribution is 5.78. The Morgan fingerprint density at radius 3 is 1.68 bits per heavy atom. The molecule has 2 heterocycles. The maximum atomic E-state index is 11.9. The number of hydrogen-bond donors (Lipinski definition) is 3. The lowest BCUT2D eigenvalue weighted by Gasteiger charge is -2.20. The highest BCUT2D eigenvalue weighted by Crippen LogP contribution is 2.22. The standard InChI is InChI=1S/C19H24N2O2.C10H15NO.C8H11N.C7H6N4O/c1-15(21(2)3)17-10-7-11-18(14-17)23-19(22)20-13-12-16-8-5-4-6-9-16;1-8(11(2)3)9-5-4-6-10(12)7-9;9-7-6-8-4-2-1-3-5-8;12-7(10-3-1-8-5-10)11-4-2-9-6-11/h4-11,14-15H,12-13H2,1-3H3,(H,20,22);4-8,12H,1-3H3;1-5H,6-7,9H2;1-6H/t15-;8-;;/m00../s1. The SMILES string of the molecule is C[C@@H](c1cccc(O)c1)N(C)C.C[C@@H](c1cccc(OC(=O)NCCc2ccccc2)c1)N(C)C.NCCc1ccccc1.O=C(n1ccnc1)n1ccnc1. The lowest BCUT2D eigenvalue weighted by molar-refractivity contribution is 0.200. The Balaban J connectivity index is 0.000000216. The zero-order valence-corrected chi connectivity index (χ0v) is 33.3. The zero-order chi connectivity index (χ0) is 40.7. The maximum Gasteiger partial charge on any atom is 0.412 e. The number of hydrogen-bond acceptors (Lipinski definition) is 9. The van der Waals surface area contributed by atoms with E-state index in [9.17, 15) is 14.7 Å². The predicted molar refractivity (Wildman–Crippen MR) is 223 cm³/mol. The van der Waals surface area contributed by atoms with Crippen molar-refractivity contribution >= 4 is 12.1 Å². The van der Waals surface area contributed by atoms with Gasteiger partial charge in [-0.1, -0.05) is 84.9 Å². The summed E-state index contributed by atoms with van der Waals surface area (Å²) in [4.78, 5) is 35.0. The lowest BCUT2D eigenvalue weighted by atomic mass is 10.1. The van der Waals surface area contributed by atoms with Gasteiger partial charge < -0.3 is 30.7 Å². The highest BCUT2D eigenvalue weighted by Gasteiger charge is 2.11. The van der Waals surface area contributed by atoms with Gasteiger partial charge in [0.1, 0.15) is 24.2 Å². The molecule has 0 spiro atoms. The van der Waals surface area contributed by atoms with Crippen molar-refractivity contribution in [2.75, 3.05) is 41.3 Å². The van der Waals surface area contributed by atoms with Gasteiger partial charge in [0.15, 0.2) is 0 Å². The number of carbonyl (C=O) groups excluding carboxylic acids is 2. The first-order chi connectivity index (χ1) is 27.0. The Morgan fingerprint density at radius 2 is 1.21 bits per heavy atom. The second kappa shape index (κ2) is 24.4. The van der Waals surface area contributed by atoms with Crippen molar-refractivity contribution < 1.29 is 19.4 Å². The summed E-state index contributed by atoms with van der Waals surface area (Å²) < 4.78 is 8.11. The molecule has 6 aromatic rings. The van der Waals surface area contributed by atoms with Crippen molar-refractivity contribution in [3.05, 3.63) is 169 Å². The minimum atomic E-state index is -0.421. The number of benzene rings is 4. The Labute approximate surface area is 331 Å². The van der Waals surface area contributed by atoms with Gasteiger partial charge in [-0.3, -0.25) is 9.13 Å². The number of imidazole rings is 2. The Kier molecular flexibility index (Phi) is 19.3. The van der Waals surface area contributed by atoms with Crippen molar-refractivity contribution in [1.82, 2.24) is 34.2 Å². The van der Waals surface area contributed by atoms with E-state index in [-0.39, 0.29) is 12.1 Å². The largest absolute Gasteiger partial charge is 0.508 e. The number of phenolic OH excluding ortho intramolecular Hbond substituents is 1. The maximum absolute atomic E-state index is 11.9. The van der Waals surface area contributed by atoms with Gasteiger partial charge in [0.25, 0.3) is 0 Å². The average Bonchev–Trinajstić information content (AvgIpc) is 3.95. The van der Waals surface area contributed by atoms with Crippen LogP contribution in [0, 0.1) is 0 Å². The summed E-state index contributed by atoms with van der Waals surface area (Å²) in [6, 6.07) is 35.7. The molecule has 0 saturated heterocycles. The molecule has 6 rings (SSSR count). The number of rotatable bonds is 10. The molecule has 296 valence electrons. The second-order valence-electron chi connectivity index (χ2n) is 13.2. The van der Waals surface area contributed by atoms with Crippen LogP contribution in [-0.2, 0) is 12.8 Å². The molecule has 0 unspecified atom stereocenters. The molecule has 4 N–H and O–H groups in total. The molecule has 56 heavy (non-hydrogen) atoms. The summed E-state index contributed by atoms with van der Waals surface area (Å²) in [5.74, 6) is 0.898. The smallest absolute Gasteiger partial charge is 0.412 e. The van der Waals surface area contributed by atoms with Crippen LogP contribution in [-0.4, -0.2) is 87.4 Å². The van der Waals surface area contributed by atoms with Crippen molar-refractivity contribution in [3.8, 4) is 11.5 Å². The first kappa shape index (κ1) is 44.3. The van der Waals surface area contributed by atoms with Gasteiger partial charge in [-0.25, -0.2) is 19.6 Å². The van der Waals surface area contributed by atoms with Gasteiger partial charge >= 0.3 is 12.1 Å². The number of nitrogens with zero attached hydrogens (tertiary/aromatic N) is 6. The van der Waals surface area contributed by atoms with Crippen LogP contribution in [0.4, 0.5) is 9.59 Å². The monoisotopic (exact) mass is 760 g/mol. The van der Waals surface area contributed by atoms with Gasteiger partial charge in [-0.15, -0.1) is 0 Å². The number of nitrogens with one attached hydrogen (secondary N) is 1. The fourth-order valence-electron chi connectivity index (χ4n) is 5.00. The zero-order valence-electron chi connectivity index (χ0n) is 33.3. The number of phenols is 1. The molecule has 0 aliphatic heterocycles. The third-order valence-electron chi connectivity index (χ3n) is 8.71. The second-order valence-corrected chi connectivity index (χ2v) is 13.2. The Morgan fingerprint density at radius 1 is 0.714 bits per heavy atom. The minimum absolute atomic E-state index is 0.190. The van der Waals surface area contributed by atoms with Gasteiger partial charge in [0.2, 0.25) is 0 Å². The van der Waals surface area contributed by atoms with Crippen LogP contribution in [0.1, 0.15) is 48.2 Å². The normalized spacial score (nSPS) is 11.4. The lowest BCUT2D eigenvalue weighted by Crippen LogP contribution is -2.28. The molecule has 0 saturated carbocycles. The predicted octanol–water partition coefficient (Wildman–Crippen LogP) is 7.44. The topological polar surface area (TPSA) is 144 Å². The number of amides is 1. The first-order valence-corrected chi connectivity index (χ1v) is 18.4. The molecule has 0 aliphatic carbocycles. The van der Waals surface area contributed by atoms with Crippen molar-refractivity contribution in [2.24, 2.45) is 5.73 Å².